The summed E-state index contributed by atoms with van der Waals surface area (Å²) in [5.74, 6) is -0.718. The first-order valence-electron chi connectivity index (χ1n) is 9.17. The molecular weight excluding hydrogens is 390 g/mol. The minimum atomic E-state index is -0.408. The second-order valence-corrected chi connectivity index (χ2v) is 6.74. The summed E-state index contributed by atoms with van der Waals surface area (Å²) < 4.78 is 1.39. The summed E-state index contributed by atoms with van der Waals surface area (Å²) in [7, 11) is 0. The third-order valence-electron chi connectivity index (χ3n) is 4.25. The molecule has 6 nitrogen and oxygen atoms in total. The summed E-state index contributed by atoms with van der Waals surface area (Å²) in [6.45, 7) is 2.45. The number of aromatic nitrogens is 1. The van der Waals surface area contributed by atoms with Gasteiger partial charge in [0.1, 0.15) is 5.56 Å². The van der Waals surface area contributed by atoms with Gasteiger partial charge in [-0.05, 0) is 55.0 Å². The maximum atomic E-state index is 12.7. The van der Waals surface area contributed by atoms with Gasteiger partial charge in [-0.3, -0.25) is 19.0 Å². The summed E-state index contributed by atoms with van der Waals surface area (Å²) in [6.07, 6.45) is 2.38. The molecule has 3 rings (SSSR count). The number of carbonyl (C=O) groups excluding carboxylic acids is 2. The third-order valence-corrected chi connectivity index (χ3v) is 4.58. The number of nitrogens with zero attached hydrogens (tertiary/aromatic N) is 1. The van der Waals surface area contributed by atoms with Gasteiger partial charge < -0.3 is 10.6 Å². The molecule has 0 spiro atoms. The molecule has 0 radical (unpaired) electrons. The van der Waals surface area contributed by atoms with Crippen molar-refractivity contribution in [1.82, 2.24) is 9.88 Å². The summed E-state index contributed by atoms with van der Waals surface area (Å²) in [4.78, 5) is 37.2. The highest BCUT2D eigenvalue weighted by Crippen LogP contribution is 2.18. The Hall–Kier alpha value is -3.38. The van der Waals surface area contributed by atoms with Crippen LogP contribution in [0.2, 0.25) is 5.02 Å². The van der Waals surface area contributed by atoms with E-state index in [2.05, 4.69) is 10.6 Å². The molecule has 0 saturated carbocycles. The third kappa shape index (κ3) is 4.73. The van der Waals surface area contributed by atoms with E-state index in [9.17, 15) is 14.4 Å². The molecule has 0 fully saturated rings. The first-order valence-corrected chi connectivity index (χ1v) is 9.55. The Labute approximate surface area is 173 Å². The molecule has 148 valence electrons. The fourth-order valence-electron chi connectivity index (χ4n) is 2.75. The number of hydrogen-bond acceptors (Lipinski definition) is 3. The molecule has 2 amide bonds. The molecular formula is C22H20ClN3O3. The molecule has 2 aromatic carbocycles. The van der Waals surface area contributed by atoms with E-state index in [0.29, 0.717) is 28.5 Å². The minimum Gasteiger partial charge on any atom is -0.352 e. The van der Waals surface area contributed by atoms with Crippen molar-refractivity contribution < 1.29 is 9.59 Å². The Morgan fingerprint density at radius 3 is 2.31 bits per heavy atom. The second kappa shape index (κ2) is 9.21. The average Bonchev–Trinajstić information content (AvgIpc) is 2.73. The predicted molar refractivity (Wildman–Crippen MR) is 114 cm³/mol. The Bertz CT molecular complexity index is 1090. The summed E-state index contributed by atoms with van der Waals surface area (Å²) in [6, 6.07) is 16.7. The fraction of sp³-hybridized carbons (Fsp3) is 0.136. The highest BCUT2D eigenvalue weighted by atomic mass is 35.5. The van der Waals surface area contributed by atoms with Gasteiger partial charge in [-0.2, -0.15) is 0 Å². The molecule has 7 heteroatoms. The zero-order valence-corrected chi connectivity index (χ0v) is 16.6. The van der Waals surface area contributed by atoms with Crippen LogP contribution in [0.15, 0.2) is 71.7 Å². The van der Waals surface area contributed by atoms with E-state index in [1.165, 1.54) is 10.6 Å². The SMILES string of the molecule is CCCNC(=O)c1cccn(-c2ccc(NC(=O)c3ccccc3Cl)cc2)c1=O. The lowest BCUT2D eigenvalue weighted by Gasteiger charge is -2.10. The van der Waals surface area contributed by atoms with Crippen molar-refractivity contribution in [2.75, 3.05) is 11.9 Å². The molecule has 0 aliphatic heterocycles. The lowest BCUT2D eigenvalue weighted by Crippen LogP contribution is -2.32. The lowest BCUT2D eigenvalue weighted by molar-refractivity contribution is 0.0951. The van der Waals surface area contributed by atoms with Crippen LogP contribution < -0.4 is 16.2 Å². The van der Waals surface area contributed by atoms with Crippen LogP contribution in [0.5, 0.6) is 0 Å². The Balaban J connectivity index is 1.80. The molecule has 0 aliphatic carbocycles. The molecule has 0 bridgehead atoms. The normalized spacial score (nSPS) is 10.4. The van der Waals surface area contributed by atoms with E-state index in [0.717, 1.165) is 6.42 Å². The number of anilines is 1. The zero-order chi connectivity index (χ0) is 20.8. The van der Waals surface area contributed by atoms with Gasteiger partial charge in [0, 0.05) is 24.1 Å². The van der Waals surface area contributed by atoms with Gasteiger partial charge >= 0.3 is 0 Å². The van der Waals surface area contributed by atoms with E-state index in [1.54, 1.807) is 60.8 Å². The lowest BCUT2D eigenvalue weighted by atomic mass is 10.2. The topological polar surface area (TPSA) is 80.2 Å². The van der Waals surface area contributed by atoms with Crippen LogP contribution in [-0.4, -0.2) is 22.9 Å². The van der Waals surface area contributed by atoms with Crippen LogP contribution in [0.1, 0.15) is 34.1 Å². The van der Waals surface area contributed by atoms with E-state index >= 15 is 0 Å². The first-order chi connectivity index (χ1) is 14.0. The van der Waals surface area contributed by atoms with Crippen LogP contribution in [0.3, 0.4) is 0 Å². The maximum absolute atomic E-state index is 12.7. The Kier molecular flexibility index (Phi) is 6.46. The van der Waals surface area contributed by atoms with Crippen molar-refractivity contribution in [2.24, 2.45) is 0 Å². The number of halogens is 1. The van der Waals surface area contributed by atoms with Crippen LogP contribution in [0, 0.1) is 0 Å². The van der Waals surface area contributed by atoms with Gasteiger partial charge in [-0.1, -0.05) is 30.7 Å². The Morgan fingerprint density at radius 1 is 0.931 bits per heavy atom. The van der Waals surface area contributed by atoms with E-state index in [4.69, 9.17) is 11.6 Å². The second-order valence-electron chi connectivity index (χ2n) is 6.33. The van der Waals surface area contributed by atoms with Crippen LogP contribution in [0.25, 0.3) is 5.69 Å². The van der Waals surface area contributed by atoms with Crippen molar-refractivity contribution in [1.29, 1.82) is 0 Å². The van der Waals surface area contributed by atoms with Crippen molar-refractivity contribution in [3.8, 4) is 5.69 Å². The number of hydrogen-bond donors (Lipinski definition) is 2. The van der Waals surface area contributed by atoms with Crippen LogP contribution in [0.4, 0.5) is 5.69 Å². The average molecular weight is 410 g/mol. The Morgan fingerprint density at radius 2 is 1.62 bits per heavy atom. The number of nitrogens with one attached hydrogen (secondary N) is 2. The van der Waals surface area contributed by atoms with Gasteiger partial charge in [-0.25, -0.2) is 0 Å². The van der Waals surface area contributed by atoms with Crippen LogP contribution in [-0.2, 0) is 0 Å². The van der Waals surface area contributed by atoms with Gasteiger partial charge in [-0.15, -0.1) is 0 Å². The highest BCUT2D eigenvalue weighted by molar-refractivity contribution is 6.34. The van der Waals surface area contributed by atoms with E-state index in [-0.39, 0.29) is 11.5 Å². The molecule has 1 heterocycles. The van der Waals surface area contributed by atoms with Crippen LogP contribution >= 0.6 is 11.6 Å². The predicted octanol–water partition coefficient (Wildman–Crippen LogP) is 3.88. The number of rotatable bonds is 6. The summed E-state index contributed by atoms with van der Waals surface area (Å²) >= 11 is 6.05. The number of carbonyl (C=O) groups is 2. The molecule has 3 aromatic rings. The van der Waals surface area contributed by atoms with Gasteiger partial charge in [0.05, 0.1) is 10.6 Å². The molecule has 0 unspecified atom stereocenters. The molecule has 1 aromatic heterocycles. The fourth-order valence-corrected chi connectivity index (χ4v) is 2.97. The smallest absolute Gasteiger partial charge is 0.267 e. The zero-order valence-electron chi connectivity index (χ0n) is 15.8. The summed E-state index contributed by atoms with van der Waals surface area (Å²) in [5.41, 5.74) is 1.19. The molecule has 0 atom stereocenters. The highest BCUT2D eigenvalue weighted by Gasteiger charge is 2.13. The van der Waals surface area contributed by atoms with Crippen molar-refractivity contribution >= 4 is 29.1 Å². The summed E-state index contributed by atoms with van der Waals surface area (Å²) in [5, 5.41) is 5.85. The van der Waals surface area contributed by atoms with E-state index in [1.807, 2.05) is 6.92 Å². The molecule has 0 saturated heterocycles. The monoisotopic (exact) mass is 409 g/mol. The molecule has 0 aliphatic rings. The number of benzene rings is 2. The van der Waals surface area contributed by atoms with Gasteiger partial charge in [0.2, 0.25) is 0 Å². The molecule has 29 heavy (non-hydrogen) atoms. The largest absolute Gasteiger partial charge is 0.352 e. The number of amides is 2. The quantitative estimate of drug-likeness (QED) is 0.648. The minimum absolute atomic E-state index is 0.0806. The van der Waals surface area contributed by atoms with Crippen molar-refractivity contribution in [2.45, 2.75) is 13.3 Å². The van der Waals surface area contributed by atoms with Gasteiger partial charge in [0.15, 0.2) is 0 Å². The number of pyridine rings is 1. The van der Waals surface area contributed by atoms with E-state index < -0.39 is 11.5 Å². The van der Waals surface area contributed by atoms with Gasteiger partial charge in [0.25, 0.3) is 17.4 Å². The maximum Gasteiger partial charge on any atom is 0.267 e. The first kappa shape index (κ1) is 20.4. The molecule has 2 N–H and O–H groups in total. The standard InChI is InChI=1S/C22H20ClN3O3/c1-2-13-24-20(27)18-7-5-14-26(22(18)29)16-11-9-15(10-12-16)25-21(28)17-6-3-4-8-19(17)23/h3-12,14H,2,13H2,1H3,(H,24,27)(H,25,28). The van der Waals surface area contributed by atoms with Crippen molar-refractivity contribution in [3.05, 3.63) is 93.4 Å². The van der Waals surface area contributed by atoms with Crippen molar-refractivity contribution in [3.63, 3.8) is 0 Å².